The molecule has 122 valence electrons. The fourth-order valence-electron chi connectivity index (χ4n) is 3.15. The van der Waals surface area contributed by atoms with Crippen LogP contribution in [0.25, 0.3) is 0 Å². The largest absolute Gasteiger partial charge is 0.370 e. The molecular formula is C17H36O3. The van der Waals surface area contributed by atoms with Gasteiger partial charge in [-0.15, -0.1) is 0 Å². The van der Waals surface area contributed by atoms with E-state index < -0.39 is 11.4 Å². The first-order valence-corrected chi connectivity index (χ1v) is 8.18. The van der Waals surface area contributed by atoms with Gasteiger partial charge in [0.25, 0.3) is 0 Å². The minimum atomic E-state index is -0.693. The zero-order valence-corrected chi connectivity index (χ0v) is 14.9. The third-order valence-corrected chi connectivity index (χ3v) is 3.56. The molecular weight excluding hydrogens is 252 g/mol. The van der Waals surface area contributed by atoms with Gasteiger partial charge < -0.3 is 14.2 Å². The third-order valence-electron chi connectivity index (χ3n) is 3.56. The maximum absolute atomic E-state index is 6.27. The monoisotopic (exact) mass is 288 g/mol. The van der Waals surface area contributed by atoms with E-state index in [1.165, 1.54) is 0 Å². The van der Waals surface area contributed by atoms with E-state index in [-0.39, 0.29) is 0 Å². The summed E-state index contributed by atoms with van der Waals surface area (Å²) in [6.45, 7) is 19.0. The minimum Gasteiger partial charge on any atom is -0.370 e. The summed E-state index contributed by atoms with van der Waals surface area (Å²) in [6, 6.07) is 0. The summed E-state index contributed by atoms with van der Waals surface area (Å²) in [5.74, 6) is 0.363. The van der Waals surface area contributed by atoms with Crippen LogP contribution in [-0.2, 0) is 14.2 Å². The standard InChI is InChI=1S/C17H36O3/c1-9-18-16(8,19-10-2)17(20-11-3,12-14(4)5)13-15(6)7/h14-15H,9-13H2,1-8H3. The van der Waals surface area contributed by atoms with Crippen LogP contribution in [0.15, 0.2) is 0 Å². The van der Waals surface area contributed by atoms with Gasteiger partial charge in [0.15, 0.2) is 5.79 Å². The van der Waals surface area contributed by atoms with Crippen molar-refractivity contribution in [1.29, 1.82) is 0 Å². The van der Waals surface area contributed by atoms with Crippen LogP contribution in [0.1, 0.15) is 68.2 Å². The molecule has 0 aliphatic rings. The molecule has 0 saturated heterocycles. The fourth-order valence-corrected chi connectivity index (χ4v) is 3.15. The van der Waals surface area contributed by atoms with Crippen molar-refractivity contribution < 1.29 is 14.2 Å². The number of hydrogen-bond donors (Lipinski definition) is 0. The van der Waals surface area contributed by atoms with Crippen LogP contribution in [-0.4, -0.2) is 31.2 Å². The molecule has 0 aliphatic carbocycles. The summed E-state index contributed by atoms with van der Waals surface area (Å²) >= 11 is 0. The lowest BCUT2D eigenvalue weighted by Crippen LogP contribution is -2.59. The molecule has 0 aliphatic heterocycles. The van der Waals surface area contributed by atoms with Crippen LogP contribution >= 0.6 is 0 Å². The first-order chi connectivity index (χ1) is 9.26. The highest BCUT2D eigenvalue weighted by atomic mass is 16.7. The highest BCUT2D eigenvalue weighted by molar-refractivity contribution is 4.95. The van der Waals surface area contributed by atoms with Gasteiger partial charge in [0.2, 0.25) is 0 Å². The lowest BCUT2D eigenvalue weighted by molar-refractivity contribution is -0.328. The highest BCUT2D eigenvalue weighted by Gasteiger charge is 2.51. The van der Waals surface area contributed by atoms with E-state index in [2.05, 4.69) is 27.7 Å². The average molecular weight is 288 g/mol. The second-order valence-corrected chi connectivity index (χ2v) is 6.43. The first-order valence-electron chi connectivity index (χ1n) is 8.18. The molecule has 0 amide bonds. The van der Waals surface area contributed by atoms with E-state index >= 15 is 0 Å². The summed E-state index contributed by atoms with van der Waals surface area (Å²) in [6.07, 6.45) is 1.88. The van der Waals surface area contributed by atoms with E-state index in [9.17, 15) is 0 Å². The van der Waals surface area contributed by atoms with Crippen molar-refractivity contribution in [2.75, 3.05) is 19.8 Å². The smallest absolute Gasteiger partial charge is 0.194 e. The fraction of sp³-hybridized carbons (Fsp3) is 1.00. The molecule has 0 heterocycles. The van der Waals surface area contributed by atoms with Gasteiger partial charge in [-0.3, -0.25) is 0 Å². The van der Waals surface area contributed by atoms with Crippen molar-refractivity contribution in [3.05, 3.63) is 0 Å². The molecule has 0 aromatic carbocycles. The number of rotatable bonds is 11. The second-order valence-electron chi connectivity index (χ2n) is 6.43. The molecule has 0 fully saturated rings. The Bertz CT molecular complexity index is 233. The van der Waals surface area contributed by atoms with Gasteiger partial charge in [-0.1, -0.05) is 27.7 Å². The van der Waals surface area contributed by atoms with E-state index in [1.54, 1.807) is 0 Å². The second kappa shape index (κ2) is 9.01. The van der Waals surface area contributed by atoms with Gasteiger partial charge in [0.05, 0.1) is 0 Å². The molecule has 0 atom stereocenters. The predicted molar refractivity (Wildman–Crippen MR) is 84.9 cm³/mol. The number of hydrogen-bond acceptors (Lipinski definition) is 3. The first kappa shape index (κ1) is 19.9. The molecule has 0 rings (SSSR count). The molecule has 0 aromatic rings. The average Bonchev–Trinajstić information content (AvgIpc) is 2.27. The van der Waals surface area contributed by atoms with Gasteiger partial charge in [-0.25, -0.2) is 0 Å². The Morgan fingerprint density at radius 2 is 1.05 bits per heavy atom. The molecule has 0 radical (unpaired) electrons. The lowest BCUT2D eigenvalue weighted by atomic mass is 9.78. The van der Waals surface area contributed by atoms with Crippen LogP contribution in [0.3, 0.4) is 0 Å². The van der Waals surface area contributed by atoms with Crippen molar-refractivity contribution in [2.45, 2.75) is 79.6 Å². The Morgan fingerprint density at radius 1 is 0.700 bits per heavy atom. The van der Waals surface area contributed by atoms with Gasteiger partial charge in [-0.05, 0) is 52.4 Å². The van der Waals surface area contributed by atoms with Crippen molar-refractivity contribution >= 4 is 0 Å². The van der Waals surface area contributed by atoms with E-state index in [1.807, 2.05) is 27.7 Å². The summed E-state index contributed by atoms with van der Waals surface area (Å²) in [5.41, 5.74) is -0.393. The van der Waals surface area contributed by atoms with Gasteiger partial charge in [-0.2, -0.15) is 0 Å². The van der Waals surface area contributed by atoms with Gasteiger partial charge >= 0.3 is 0 Å². The van der Waals surface area contributed by atoms with Crippen LogP contribution < -0.4 is 0 Å². The molecule has 3 heteroatoms. The quantitative estimate of drug-likeness (QED) is 0.518. The Morgan fingerprint density at radius 3 is 1.30 bits per heavy atom. The number of ether oxygens (including phenoxy) is 3. The highest BCUT2D eigenvalue weighted by Crippen LogP contribution is 2.41. The molecule has 20 heavy (non-hydrogen) atoms. The Labute approximate surface area is 126 Å². The van der Waals surface area contributed by atoms with Gasteiger partial charge in [0, 0.05) is 19.8 Å². The maximum Gasteiger partial charge on any atom is 0.194 e. The van der Waals surface area contributed by atoms with Crippen LogP contribution in [0, 0.1) is 11.8 Å². The maximum atomic E-state index is 6.27. The molecule has 0 aromatic heterocycles. The molecule has 0 spiro atoms. The summed E-state index contributed by atoms with van der Waals surface area (Å²) < 4.78 is 18.4. The predicted octanol–water partition coefficient (Wildman–Crippen LogP) is 4.64. The lowest BCUT2D eigenvalue weighted by Gasteiger charge is -2.49. The molecule has 0 unspecified atom stereocenters. The summed E-state index contributed by atoms with van der Waals surface area (Å²) in [7, 11) is 0. The minimum absolute atomic E-state index is 0.393. The topological polar surface area (TPSA) is 27.7 Å². The Kier molecular flexibility index (Phi) is 8.96. The van der Waals surface area contributed by atoms with Crippen molar-refractivity contribution in [1.82, 2.24) is 0 Å². The summed E-state index contributed by atoms with van der Waals surface area (Å²) in [4.78, 5) is 0. The van der Waals surface area contributed by atoms with Crippen LogP contribution in [0.4, 0.5) is 0 Å². The molecule has 3 nitrogen and oxygen atoms in total. The van der Waals surface area contributed by atoms with E-state index in [0.717, 1.165) is 12.8 Å². The zero-order valence-electron chi connectivity index (χ0n) is 14.9. The van der Waals surface area contributed by atoms with E-state index in [0.29, 0.717) is 31.7 Å². The normalized spacial score (nSPS) is 13.5. The van der Waals surface area contributed by atoms with Crippen molar-refractivity contribution in [2.24, 2.45) is 11.8 Å². The summed E-state index contributed by atoms with van der Waals surface area (Å²) in [5, 5.41) is 0. The molecule has 0 bridgehead atoms. The van der Waals surface area contributed by atoms with E-state index in [4.69, 9.17) is 14.2 Å². The van der Waals surface area contributed by atoms with Crippen LogP contribution in [0.5, 0.6) is 0 Å². The SMILES string of the molecule is CCOC(CC(C)C)(CC(C)C)C(C)(OCC)OCC. The van der Waals surface area contributed by atoms with Crippen LogP contribution in [0.2, 0.25) is 0 Å². The third kappa shape index (κ3) is 5.34. The zero-order chi connectivity index (χ0) is 15.8. The molecule has 0 saturated carbocycles. The van der Waals surface area contributed by atoms with Crippen molar-refractivity contribution in [3.63, 3.8) is 0 Å². The Hall–Kier alpha value is -0.120. The van der Waals surface area contributed by atoms with Gasteiger partial charge in [0.1, 0.15) is 5.60 Å². The molecule has 0 N–H and O–H groups in total. The van der Waals surface area contributed by atoms with Crippen molar-refractivity contribution in [3.8, 4) is 0 Å². The Balaban J connectivity index is 5.58.